The lowest BCUT2D eigenvalue weighted by Crippen LogP contribution is -2.47. The molecule has 1 aliphatic rings. The molecule has 0 aromatic rings. The van der Waals surface area contributed by atoms with Crippen molar-refractivity contribution in [1.82, 2.24) is 10.2 Å². The molecule has 0 heterocycles. The molecule has 0 bridgehead atoms. The lowest BCUT2D eigenvalue weighted by Gasteiger charge is -2.32. The molecule has 0 aromatic carbocycles. The van der Waals surface area contributed by atoms with E-state index in [0.29, 0.717) is 12.6 Å². The number of nitrogens with zero attached hydrogens (tertiary/aromatic N) is 1. The Balaban J connectivity index is 2.33. The Morgan fingerprint density at radius 2 is 1.85 bits per heavy atom. The van der Waals surface area contributed by atoms with Crippen molar-refractivity contribution in [3.8, 4) is 0 Å². The summed E-state index contributed by atoms with van der Waals surface area (Å²) in [5, 5.41) is 3.09. The van der Waals surface area contributed by atoms with E-state index in [0.717, 1.165) is 25.9 Å². The summed E-state index contributed by atoms with van der Waals surface area (Å²) in [5.74, 6) is 0.127. The third kappa shape index (κ3) is 4.45. The number of carbonyl (C=O) groups excluding carboxylic acids is 1. The Hall–Kier alpha value is -0.610. The van der Waals surface area contributed by atoms with Gasteiger partial charge in [-0.25, -0.2) is 0 Å². The molecule has 0 aliphatic heterocycles. The zero-order chi connectivity index (χ0) is 15.0. The van der Waals surface area contributed by atoms with E-state index in [1.807, 2.05) is 13.8 Å². The van der Waals surface area contributed by atoms with Gasteiger partial charge in [0.15, 0.2) is 0 Å². The highest BCUT2D eigenvalue weighted by Gasteiger charge is 2.33. The number of hydrogen-bond donors (Lipinski definition) is 2. The third-order valence-electron chi connectivity index (χ3n) is 5.17. The van der Waals surface area contributed by atoms with Crippen LogP contribution in [-0.4, -0.2) is 43.5 Å². The van der Waals surface area contributed by atoms with Crippen molar-refractivity contribution in [3.63, 3.8) is 0 Å². The predicted octanol–water partition coefficient (Wildman–Crippen LogP) is 2.13. The zero-order valence-corrected chi connectivity index (χ0v) is 13.6. The lowest BCUT2D eigenvalue weighted by molar-refractivity contribution is -0.131. The standard InChI is InChI=1S/C16H33N3O/c1-4-16(5-2,13-17)15(20)18-11-12-19(3)14-9-7-6-8-10-14/h14H,4-13,17H2,1-3H3,(H,18,20). The average Bonchev–Trinajstić information content (AvgIpc) is 2.50. The molecule has 1 aliphatic carbocycles. The van der Waals surface area contributed by atoms with Crippen LogP contribution in [0.15, 0.2) is 0 Å². The van der Waals surface area contributed by atoms with Gasteiger partial charge >= 0.3 is 0 Å². The smallest absolute Gasteiger partial charge is 0.227 e. The van der Waals surface area contributed by atoms with E-state index in [4.69, 9.17) is 5.73 Å². The molecule has 0 unspecified atom stereocenters. The molecule has 1 saturated carbocycles. The summed E-state index contributed by atoms with van der Waals surface area (Å²) in [4.78, 5) is 14.7. The fourth-order valence-corrected chi connectivity index (χ4v) is 3.19. The van der Waals surface area contributed by atoms with Crippen molar-refractivity contribution in [2.75, 3.05) is 26.7 Å². The normalized spacial score (nSPS) is 17.4. The van der Waals surface area contributed by atoms with Crippen molar-refractivity contribution < 1.29 is 4.79 Å². The van der Waals surface area contributed by atoms with Crippen LogP contribution < -0.4 is 11.1 Å². The fraction of sp³-hybridized carbons (Fsp3) is 0.938. The summed E-state index contributed by atoms with van der Waals surface area (Å²) < 4.78 is 0. The van der Waals surface area contributed by atoms with Crippen LogP contribution in [0.1, 0.15) is 58.8 Å². The van der Waals surface area contributed by atoms with E-state index in [9.17, 15) is 4.79 Å². The molecule has 1 fully saturated rings. The second-order valence-corrected chi connectivity index (χ2v) is 6.22. The van der Waals surface area contributed by atoms with Gasteiger partial charge in [0.05, 0.1) is 5.41 Å². The van der Waals surface area contributed by atoms with Gasteiger partial charge in [-0.3, -0.25) is 4.79 Å². The second-order valence-electron chi connectivity index (χ2n) is 6.22. The molecule has 3 N–H and O–H groups in total. The van der Waals surface area contributed by atoms with Crippen LogP contribution in [0.3, 0.4) is 0 Å². The molecule has 0 atom stereocenters. The van der Waals surface area contributed by atoms with Crippen LogP contribution in [-0.2, 0) is 4.79 Å². The van der Waals surface area contributed by atoms with Crippen molar-refractivity contribution in [2.45, 2.75) is 64.8 Å². The van der Waals surface area contributed by atoms with E-state index >= 15 is 0 Å². The van der Waals surface area contributed by atoms with Crippen LogP contribution in [0.5, 0.6) is 0 Å². The van der Waals surface area contributed by atoms with Crippen LogP contribution >= 0.6 is 0 Å². The highest BCUT2D eigenvalue weighted by atomic mass is 16.2. The SMILES string of the molecule is CCC(CC)(CN)C(=O)NCCN(C)C1CCCCC1. The van der Waals surface area contributed by atoms with Crippen molar-refractivity contribution in [1.29, 1.82) is 0 Å². The molecule has 4 heteroatoms. The number of amides is 1. The van der Waals surface area contributed by atoms with E-state index in [-0.39, 0.29) is 11.3 Å². The van der Waals surface area contributed by atoms with Gasteiger partial charge in [0.25, 0.3) is 0 Å². The molecular formula is C16H33N3O. The summed E-state index contributed by atoms with van der Waals surface area (Å²) in [6.45, 7) is 6.19. The van der Waals surface area contributed by atoms with Crippen LogP contribution in [0.4, 0.5) is 0 Å². The van der Waals surface area contributed by atoms with Crippen LogP contribution in [0, 0.1) is 5.41 Å². The largest absolute Gasteiger partial charge is 0.354 e. The quantitative estimate of drug-likeness (QED) is 0.717. The van der Waals surface area contributed by atoms with E-state index in [1.165, 1.54) is 32.1 Å². The lowest BCUT2D eigenvalue weighted by atomic mass is 9.81. The van der Waals surface area contributed by atoms with Crippen LogP contribution in [0.2, 0.25) is 0 Å². The molecule has 0 radical (unpaired) electrons. The Morgan fingerprint density at radius 3 is 2.35 bits per heavy atom. The molecule has 1 amide bonds. The van der Waals surface area contributed by atoms with Crippen molar-refractivity contribution >= 4 is 5.91 Å². The number of hydrogen-bond acceptors (Lipinski definition) is 3. The molecule has 118 valence electrons. The first kappa shape index (κ1) is 17.4. The molecule has 0 spiro atoms. The first-order valence-corrected chi connectivity index (χ1v) is 8.28. The molecule has 0 aromatic heterocycles. The molecule has 4 nitrogen and oxygen atoms in total. The molecule has 20 heavy (non-hydrogen) atoms. The van der Waals surface area contributed by atoms with Gasteiger partial charge in [0.2, 0.25) is 5.91 Å². The maximum atomic E-state index is 12.3. The van der Waals surface area contributed by atoms with E-state index < -0.39 is 0 Å². The second kappa shape index (κ2) is 8.63. The number of nitrogens with two attached hydrogens (primary N) is 1. The number of nitrogens with one attached hydrogen (secondary N) is 1. The van der Waals surface area contributed by atoms with Gasteiger partial charge < -0.3 is 16.0 Å². The Labute approximate surface area is 124 Å². The fourth-order valence-electron chi connectivity index (χ4n) is 3.19. The minimum Gasteiger partial charge on any atom is -0.354 e. The predicted molar refractivity (Wildman–Crippen MR) is 84.6 cm³/mol. The molecule has 1 rings (SSSR count). The summed E-state index contributed by atoms with van der Waals surface area (Å²) >= 11 is 0. The van der Waals surface area contributed by atoms with Gasteiger partial charge in [0.1, 0.15) is 0 Å². The first-order chi connectivity index (χ1) is 9.59. The van der Waals surface area contributed by atoms with Crippen molar-refractivity contribution in [3.05, 3.63) is 0 Å². The minimum absolute atomic E-state index is 0.127. The van der Waals surface area contributed by atoms with Crippen LogP contribution in [0.25, 0.3) is 0 Å². The zero-order valence-electron chi connectivity index (χ0n) is 13.6. The van der Waals surface area contributed by atoms with E-state index in [2.05, 4.69) is 17.3 Å². The third-order valence-corrected chi connectivity index (χ3v) is 5.17. The monoisotopic (exact) mass is 283 g/mol. The van der Waals surface area contributed by atoms with Crippen molar-refractivity contribution in [2.24, 2.45) is 11.1 Å². The summed E-state index contributed by atoms with van der Waals surface area (Å²) in [5.41, 5.74) is 5.44. The Bertz CT molecular complexity index is 275. The van der Waals surface area contributed by atoms with Gasteiger partial charge in [0, 0.05) is 25.7 Å². The van der Waals surface area contributed by atoms with Gasteiger partial charge in [-0.05, 0) is 32.7 Å². The highest BCUT2D eigenvalue weighted by Crippen LogP contribution is 2.25. The summed E-state index contributed by atoms with van der Waals surface area (Å²) in [6.07, 6.45) is 8.32. The topological polar surface area (TPSA) is 58.4 Å². The summed E-state index contributed by atoms with van der Waals surface area (Å²) in [6, 6.07) is 0.706. The maximum absolute atomic E-state index is 12.3. The maximum Gasteiger partial charge on any atom is 0.227 e. The van der Waals surface area contributed by atoms with Gasteiger partial charge in [-0.15, -0.1) is 0 Å². The molecule has 0 saturated heterocycles. The van der Waals surface area contributed by atoms with Gasteiger partial charge in [-0.1, -0.05) is 33.1 Å². The Kier molecular flexibility index (Phi) is 7.52. The highest BCUT2D eigenvalue weighted by molar-refractivity contribution is 5.82. The molecular weight excluding hydrogens is 250 g/mol. The van der Waals surface area contributed by atoms with Gasteiger partial charge in [-0.2, -0.15) is 0 Å². The summed E-state index contributed by atoms with van der Waals surface area (Å²) in [7, 11) is 2.18. The number of rotatable bonds is 8. The number of likely N-dealkylation sites (N-methyl/N-ethyl adjacent to an activating group) is 1. The average molecular weight is 283 g/mol. The number of carbonyl (C=O) groups is 1. The Morgan fingerprint density at radius 1 is 1.25 bits per heavy atom. The first-order valence-electron chi connectivity index (χ1n) is 8.28. The minimum atomic E-state index is -0.372. The van der Waals surface area contributed by atoms with E-state index in [1.54, 1.807) is 0 Å².